The molecule has 0 spiro atoms. The third kappa shape index (κ3) is 5.10. The van der Waals surface area contributed by atoms with Crippen LogP contribution in [0.3, 0.4) is 0 Å². The van der Waals surface area contributed by atoms with E-state index in [2.05, 4.69) is 5.32 Å². The minimum Gasteiger partial charge on any atom is -0.484 e. The number of hydrogen-bond acceptors (Lipinski definition) is 4. The summed E-state index contributed by atoms with van der Waals surface area (Å²) in [6.45, 7) is 6.82. The molecule has 148 valence electrons. The molecule has 2 atom stereocenters. The van der Waals surface area contributed by atoms with E-state index in [1.54, 1.807) is 29.2 Å². The average Bonchev–Trinajstić information content (AvgIpc) is 2.67. The van der Waals surface area contributed by atoms with Crippen molar-refractivity contribution in [2.24, 2.45) is 0 Å². The van der Waals surface area contributed by atoms with Crippen molar-refractivity contribution < 1.29 is 19.1 Å². The highest BCUT2D eigenvalue weighted by atomic mass is 16.5. The average molecular weight is 382 g/mol. The van der Waals surface area contributed by atoms with Gasteiger partial charge < -0.3 is 19.7 Å². The SMILES string of the molecule is Cc1ccc(OCC(=O)Nc2ccccc2C(=O)N2C[C@@H](C)O[C@@H](C)C2)cc1. The Morgan fingerprint density at radius 1 is 1.07 bits per heavy atom. The predicted octanol–water partition coefficient (Wildman–Crippen LogP) is 3.26. The summed E-state index contributed by atoms with van der Waals surface area (Å²) in [6.07, 6.45) is -0.0327. The Hall–Kier alpha value is -2.86. The lowest BCUT2D eigenvalue weighted by Gasteiger charge is -2.35. The van der Waals surface area contributed by atoms with Crippen LogP contribution in [-0.4, -0.2) is 48.6 Å². The van der Waals surface area contributed by atoms with Crippen molar-refractivity contribution in [2.75, 3.05) is 25.0 Å². The van der Waals surface area contributed by atoms with Gasteiger partial charge in [0.2, 0.25) is 0 Å². The summed E-state index contributed by atoms with van der Waals surface area (Å²) in [4.78, 5) is 27.1. The fourth-order valence-corrected chi connectivity index (χ4v) is 3.26. The summed E-state index contributed by atoms with van der Waals surface area (Å²) in [5.74, 6) is 0.197. The van der Waals surface area contributed by atoms with Gasteiger partial charge in [-0.2, -0.15) is 0 Å². The smallest absolute Gasteiger partial charge is 0.262 e. The fourth-order valence-electron chi connectivity index (χ4n) is 3.26. The highest BCUT2D eigenvalue weighted by Crippen LogP contribution is 2.20. The number of morpholine rings is 1. The first kappa shape index (κ1) is 19.9. The number of ether oxygens (including phenoxy) is 2. The normalized spacial score (nSPS) is 19.2. The van der Waals surface area contributed by atoms with E-state index >= 15 is 0 Å². The van der Waals surface area contributed by atoms with E-state index in [1.165, 1.54) is 0 Å². The number of anilines is 1. The van der Waals surface area contributed by atoms with Gasteiger partial charge >= 0.3 is 0 Å². The molecule has 0 radical (unpaired) electrons. The molecule has 1 aliphatic heterocycles. The molecule has 0 aromatic heterocycles. The zero-order valence-corrected chi connectivity index (χ0v) is 16.5. The van der Waals surface area contributed by atoms with E-state index in [1.807, 2.05) is 45.0 Å². The third-order valence-corrected chi connectivity index (χ3v) is 4.53. The highest BCUT2D eigenvalue weighted by Gasteiger charge is 2.28. The zero-order valence-electron chi connectivity index (χ0n) is 16.5. The standard InChI is InChI=1S/C22H26N2O4/c1-15-8-10-18(11-9-15)27-14-21(25)23-20-7-5-4-6-19(20)22(26)24-12-16(2)28-17(3)13-24/h4-11,16-17H,12-14H2,1-3H3,(H,23,25)/t16-,17+. The van der Waals surface area contributed by atoms with Crippen LogP contribution in [0.1, 0.15) is 29.8 Å². The molecule has 0 bridgehead atoms. The molecule has 2 aromatic carbocycles. The van der Waals surface area contributed by atoms with Crippen molar-refractivity contribution in [2.45, 2.75) is 33.0 Å². The number of hydrogen-bond donors (Lipinski definition) is 1. The molecule has 2 amide bonds. The third-order valence-electron chi connectivity index (χ3n) is 4.53. The second-order valence-corrected chi connectivity index (χ2v) is 7.16. The number of benzene rings is 2. The van der Waals surface area contributed by atoms with Gasteiger partial charge in [-0.3, -0.25) is 9.59 Å². The van der Waals surface area contributed by atoms with Crippen molar-refractivity contribution in [1.29, 1.82) is 0 Å². The maximum atomic E-state index is 13.0. The number of rotatable bonds is 5. The molecule has 0 aliphatic carbocycles. The zero-order chi connectivity index (χ0) is 20.1. The molecule has 6 heteroatoms. The molecule has 3 rings (SSSR count). The van der Waals surface area contributed by atoms with Gasteiger partial charge in [0.15, 0.2) is 6.61 Å². The van der Waals surface area contributed by atoms with E-state index in [0.717, 1.165) is 5.56 Å². The lowest BCUT2D eigenvalue weighted by Crippen LogP contribution is -2.48. The van der Waals surface area contributed by atoms with Crippen LogP contribution in [0.15, 0.2) is 48.5 Å². The Labute approximate surface area is 165 Å². The summed E-state index contributed by atoms with van der Waals surface area (Å²) < 4.78 is 11.2. The molecule has 0 unspecified atom stereocenters. The molecule has 1 N–H and O–H groups in total. The van der Waals surface area contributed by atoms with Crippen LogP contribution in [0.4, 0.5) is 5.69 Å². The summed E-state index contributed by atoms with van der Waals surface area (Å²) >= 11 is 0. The Bertz CT molecular complexity index is 825. The van der Waals surface area contributed by atoms with E-state index in [-0.39, 0.29) is 30.6 Å². The fraction of sp³-hybridized carbons (Fsp3) is 0.364. The quantitative estimate of drug-likeness (QED) is 0.862. The van der Waals surface area contributed by atoms with Crippen LogP contribution < -0.4 is 10.1 Å². The Morgan fingerprint density at radius 2 is 1.71 bits per heavy atom. The van der Waals surface area contributed by atoms with Gasteiger partial charge in [-0.15, -0.1) is 0 Å². The van der Waals surface area contributed by atoms with Crippen molar-refractivity contribution >= 4 is 17.5 Å². The van der Waals surface area contributed by atoms with Gasteiger partial charge in [0, 0.05) is 13.1 Å². The van der Waals surface area contributed by atoms with Gasteiger partial charge in [0.25, 0.3) is 11.8 Å². The molecule has 1 aliphatic rings. The number of para-hydroxylation sites is 1. The van der Waals surface area contributed by atoms with Gasteiger partial charge in [0.05, 0.1) is 23.5 Å². The molecular weight excluding hydrogens is 356 g/mol. The first-order valence-electron chi connectivity index (χ1n) is 9.45. The number of nitrogens with zero attached hydrogens (tertiary/aromatic N) is 1. The number of carbonyl (C=O) groups excluding carboxylic acids is 2. The summed E-state index contributed by atoms with van der Waals surface area (Å²) in [6, 6.07) is 14.5. The number of amides is 2. The topological polar surface area (TPSA) is 67.9 Å². The van der Waals surface area contributed by atoms with Gasteiger partial charge in [0.1, 0.15) is 5.75 Å². The monoisotopic (exact) mass is 382 g/mol. The van der Waals surface area contributed by atoms with Crippen molar-refractivity contribution in [3.05, 3.63) is 59.7 Å². The van der Waals surface area contributed by atoms with Gasteiger partial charge in [-0.25, -0.2) is 0 Å². The number of nitrogens with one attached hydrogen (secondary N) is 1. The second kappa shape index (κ2) is 8.89. The van der Waals surface area contributed by atoms with Gasteiger partial charge in [-0.1, -0.05) is 29.8 Å². The number of carbonyl (C=O) groups is 2. The van der Waals surface area contributed by atoms with Gasteiger partial charge in [-0.05, 0) is 45.0 Å². The second-order valence-electron chi connectivity index (χ2n) is 7.16. The number of aryl methyl sites for hydroxylation is 1. The Morgan fingerprint density at radius 3 is 2.39 bits per heavy atom. The highest BCUT2D eigenvalue weighted by molar-refractivity contribution is 6.04. The molecule has 1 heterocycles. The van der Waals surface area contributed by atoms with E-state index in [9.17, 15) is 9.59 Å². The van der Waals surface area contributed by atoms with Crippen LogP contribution in [-0.2, 0) is 9.53 Å². The van der Waals surface area contributed by atoms with E-state index in [4.69, 9.17) is 9.47 Å². The van der Waals surface area contributed by atoms with E-state index in [0.29, 0.717) is 30.1 Å². The lowest BCUT2D eigenvalue weighted by molar-refractivity contribution is -0.118. The van der Waals surface area contributed by atoms with Crippen molar-refractivity contribution in [3.8, 4) is 5.75 Å². The van der Waals surface area contributed by atoms with Crippen LogP contribution in [0.5, 0.6) is 5.75 Å². The molecule has 6 nitrogen and oxygen atoms in total. The molecular formula is C22H26N2O4. The molecule has 0 saturated carbocycles. The molecule has 2 aromatic rings. The van der Waals surface area contributed by atoms with Crippen LogP contribution in [0.2, 0.25) is 0 Å². The first-order valence-corrected chi connectivity index (χ1v) is 9.45. The lowest BCUT2D eigenvalue weighted by atomic mass is 10.1. The maximum Gasteiger partial charge on any atom is 0.262 e. The maximum absolute atomic E-state index is 13.0. The summed E-state index contributed by atoms with van der Waals surface area (Å²) in [7, 11) is 0. The summed E-state index contributed by atoms with van der Waals surface area (Å²) in [5.41, 5.74) is 2.07. The molecule has 1 saturated heterocycles. The van der Waals surface area contributed by atoms with Crippen molar-refractivity contribution in [1.82, 2.24) is 4.90 Å². The Kier molecular flexibility index (Phi) is 6.31. The first-order chi connectivity index (χ1) is 13.4. The minimum atomic E-state index is -0.315. The Balaban J connectivity index is 1.65. The molecule has 28 heavy (non-hydrogen) atoms. The van der Waals surface area contributed by atoms with Crippen LogP contribution in [0.25, 0.3) is 0 Å². The largest absolute Gasteiger partial charge is 0.484 e. The van der Waals surface area contributed by atoms with Crippen LogP contribution >= 0.6 is 0 Å². The molecule has 1 fully saturated rings. The predicted molar refractivity (Wildman–Crippen MR) is 108 cm³/mol. The van der Waals surface area contributed by atoms with Crippen LogP contribution in [0, 0.1) is 6.92 Å². The summed E-state index contributed by atoms with van der Waals surface area (Å²) in [5, 5.41) is 2.79. The van der Waals surface area contributed by atoms with Crippen molar-refractivity contribution in [3.63, 3.8) is 0 Å². The minimum absolute atomic E-state index is 0.0163. The van der Waals surface area contributed by atoms with E-state index < -0.39 is 0 Å².